The molecule has 100 valence electrons. The van der Waals surface area contributed by atoms with Crippen LogP contribution in [0.5, 0.6) is 0 Å². The van der Waals surface area contributed by atoms with Crippen molar-refractivity contribution in [3.63, 3.8) is 0 Å². The molecule has 0 aliphatic carbocycles. The molecule has 3 aliphatic rings. The van der Waals surface area contributed by atoms with Crippen LogP contribution in [0.2, 0.25) is 0 Å². The quantitative estimate of drug-likeness (QED) is 0.476. The minimum absolute atomic E-state index is 0. The van der Waals surface area contributed by atoms with Crippen molar-refractivity contribution in [2.75, 3.05) is 39.3 Å². The number of hydrogen-bond acceptors (Lipinski definition) is 6. The first kappa shape index (κ1) is 18.7. The Morgan fingerprint density at radius 2 is 0.882 bits per heavy atom. The topological polar surface area (TPSA) is 86.7 Å². The van der Waals surface area contributed by atoms with Crippen LogP contribution in [0, 0.1) is 0 Å². The van der Waals surface area contributed by atoms with E-state index < -0.39 is 11.9 Å². The van der Waals surface area contributed by atoms with Gasteiger partial charge >= 0.3 is 16.8 Å². The monoisotopic (exact) mass is 289 g/mol. The number of carbonyl (C=O) groups is 2. The number of rotatable bonds is 0. The van der Waals surface area contributed by atoms with Crippen LogP contribution in [0.25, 0.3) is 0 Å². The van der Waals surface area contributed by atoms with Gasteiger partial charge in [0.15, 0.2) is 0 Å². The number of hydrogen-bond donors (Lipinski definition) is 0. The van der Waals surface area contributed by atoms with Crippen LogP contribution in [0.3, 0.4) is 0 Å². The fourth-order valence-electron chi connectivity index (χ4n) is 1.52. The standard InChI is InChI=1S/C6H12N2.2C2H4O2.Co/c1-2-8-5-3-7(1)4-6-8;2*1-2(3)4;/h1-6H2;2*1H3,(H,3,4);/q;;;+3/p-2. The van der Waals surface area contributed by atoms with Crippen LogP contribution in [0.4, 0.5) is 0 Å². The number of piperazine rings is 3. The molecule has 0 aromatic rings. The van der Waals surface area contributed by atoms with Gasteiger partial charge in [-0.2, -0.15) is 0 Å². The van der Waals surface area contributed by atoms with Crippen molar-refractivity contribution in [2.24, 2.45) is 0 Å². The molecule has 0 aromatic carbocycles. The fourth-order valence-corrected chi connectivity index (χ4v) is 1.52. The maximum absolute atomic E-state index is 8.89. The van der Waals surface area contributed by atoms with E-state index in [9.17, 15) is 0 Å². The van der Waals surface area contributed by atoms with Gasteiger partial charge in [-0.1, -0.05) is 0 Å². The van der Waals surface area contributed by atoms with E-state index in [1.807, 2.05) is 0 Å². The average Bonchev–Trinajstić information content (AvgIpc) is 2.19. The minimum Gasteiger partial charge on any atom is -0.550 e. The molecule has 6 nitrogen and oxygen atoms in total. The molecular weight excluding hydrogens is 271 g/mol. The summed E-state index contributed by atoms with van der Waals surface area (Å²) in [7, 11) is 0. The van der Waals surface area contributed by atoms with Crippen LogP contribution in [-0.2, 0) is 26.4 Å². The van der Waals surface area contributed by atoms with E-state index in [1.165, 1.54) is 39.3 Å². The molecule has 0 atom stereocenters. The molecule has 0 N–H and O–H groups in total. The first-order valence-electron chi connectivity index (χ1n) is 5.21. The van der Waals surface area contributed by atoms with E-state index in [0.29, 0.717) is 0 Å². The summed E-state index contributed by atoms with van der Waals surface area (Å²) in [5.41, 5.74) is 0. The second-order valence-electron chi connectivity index (χ2n) is 3.67. The molecule has 0 unspecified atom stereocenters. The second kappa shape index (κ2) is 10.5. The first-order chi connectivity index (χ1) is 7.41. The van der Waals surface area contributed by atoms with Crippen LogP contribution in [-0.4, -0.2) is 61.0 Å². The molecule has 0 aromatic heterocycles. The van der Waals surface area contributed by atoms with Crippen molar-refractivity contribution in [1.82, 2.24) is 9.80 Å². The molecule has 3 aliphatic heterocycles. The molecule has 7 heteroatoms. The van der Waals surface area contributed by atoms with Crippen LogP contribution < -0.4 is 10.2 Å². The molecule has 0 radical (unpaired) electrons. The maximum Gasteiger partial charge on any atom is 3.00 e. The van der Waals surface area contributed by atoms with Crippen molar-refractivity contribution in [3.8, 4) is 0 Å². The van der Waals surface area contributed by atoms with Gasteiger partial charge in [-0.25, -0.2) is 0 Å². The number of fused-ring (bicyclic) bond motifs is 3. The first-order valence-corrected chi connectivity index (χ1v) is 5.21. The van der Waals surface area contributed by atoms with Crippen LogP contribution in [0.1, 0.15) is 13.8 Å². The average molecular weight is 289 g/mol. The zero-order valence-corrected chi connectivity index (χ0v) is 11.1. The van der Waals surface area contributed by atoms with Gasteiger partial charge in [0.2, 0.25) is 0 Å². The van der Waals surface area contributed by atoms with Crippen LogP contribution >= 0.6 is 0 Å². The third-order valence-corrected chi connectivity index (χ3v) is 2.20. The van der Waals surface area contributed by atoms with Gasteiger partial charge in [-0.05, 0) is 13.8 Å². The van der Waals surface area contributed by atoms with E-state index in [1.54, 1.807) is 0 Å². The Morgan fingerprint density at radius 3 is 0.941 bits per heavy atom. The van der Waals surface area contributed by atoms with Gasteiger partial charge < -0.3 is 19.8 Å². The summed E-state index contributed by atoms with van der Waals surface area (Å²) in [4.78, 5) is 22.9. The van der Waals surface area contributed by atoms with E-state index in [2.05, 4.69) is 9.80 Å². The smallest absolute Gasteiger partial charge is 0.550 e. The molecule has 0 saturated carbocycles. The van der Waals surface area contributed by atoms with Crippen LogP contribution in [0.15, 0.2) is 0 Å². The van der Waals surface area contributed by atoms with Crippen molar-refractivity contribution >= 4 is 11.9 Å². The summed E-state index contributed by atoms with van der Waals surface area (Å²) in [5, 5.41) is 17.8. The summed E-state index contributed by atoms with van der Waals surface area (Å²) in [6, 6.07) is 0. The zero-order chi connectivity index (χ0) is 12.6. The van der Waals surface area contributed by atoms with Crippen molar-refractivity contribution in [3.05, 3.63) is 0 Å². The number of nitrogens with zero attached hydrogens (tertiary/aromatic N) is 2. The Balaban J connectivity index is 0. The summed E-state index contributed by atoms with van der Waals surface area (Å²) >= 11 is 0. The Labute approximate surface area is 112 Å². The second-order valence-corrected chi connectivity index (χ2v) is 3.67. The molecular formula is C10H18CoN2O4+. The van der Waals surface area contributed by atoms with Crippen molar-refractivity contribution < 1.29 is 36.6 Å². The minimum atomic E-state index is -1.08. The Morgan fingerprint density at radius 1 is 0.765 bits per heavy atom. The zero-order valence-electron chi connectivity index (χ0n) is 10.1. The van der Waals surface area contributed by atoms with Gasteiger partial charge in [-0.15, -0.1) is 0 Å². The van der Waals surface area contributed by atoms with E-state index in [0.717, 1.165) is 13.8 Å². The van der Waals surface area contributed by atoms with Gasteiger partial charge in [0.25, 0.3) is 0 Å². The summed E-state index contributed by atoms with van der Waals surface area (Å²) < 4.78 is 0. The molecule has 17 heavy (non-hydrogen) atoms. The van der Waals surface area contributed by atoms with E-state index >= 15 is 0 Å². The van der Waals surface area contributed by atoms with Gasteiger partial charge in [0.05, 0.1) is 0 Å². The van der Waals surface area contributed by atoms with E-state index in [4.69, 9.17) is 19.8 Å². The number of carboxylic acids is 2. The largest absolute Gasteiger partial charge is 3.00 e. The van der Waals surface area contributed by atoms with Gasteiger partial charge in [0, 0.05) is 51.2 Å². The third-order valence-electron chi connectivity index (χ3n) is 2.20. The Hall–Kier alpha value is -0.634. The maximum atomic E-state index is 8.89. The molecule has 0 amide bonds. The van der Waals surface area contributed by atoms with E-state index in [-0.39, 0.29) is 16.8 Å². The molecule has 0 spiro atoms. The molecule has 3 rings (SSSR count). The van der Waals surface area contributed by atoms with Gasteiger partial charge in [0.1, 0.15) is 0 Å². The Kier molecular flexibility index (Phi) is 11.6. The molecule has 2 bridgehead atoms. The predicted molar refractivity (Wildman–Crippen MR) is 54.2 cm³/mol. The van der Waals surface area contributed by atoms with Crippen molar-refractivity contribution in [1.29, 1.82) is 0 Å². The summed E-state index contributed by atoms with van der Waals surface area (Å²) in [5.74, 6) is -2.17. The molecule has 3 saturated heterocycles. The molecule has 3 fully saturated rings. The predicted octanol–water partition coefficient (Wildman–Crippen LogP) is -2.87. The number of aliphatic carboxylic acids is 2. The van der Waals surface area contributed by atoms with Crippen molar-refractivity contribution in [2.45, 2.75) is 13.8 Å². The normalized spacial score (nSPS) is 24.1. The SMILES string of the molecule is C1CN2CCN1CC2.CC(=O)[O-].CC(=O)[O-].[Co+3]. The number of carboxylic acid groups (broad SMARTS) is 2. The van der Waals surface area contributed by atoms with Gasteiger partial charge in [-0.3, -0.25) is 9.80 Å². The number of carbonyl (C=O) groups excluding carboxylic acids is 2. The molecule has 3 heterocycles. The third kappa shape index (κ3) is 13.3. The summed E-state index contributed by atoms with van der Waals surface area (Å²) in [6.07, 6.45) is 0. The fraction of sp³-hybridized carbons (Fsp3) is 0.800. The Bertz CT molecular complexity index is 187. The summed E-state index contributed by atoms with van der Waals surface area (Å²) in [6.45, 7) is 9.86.